The highest BCUT2D eigenvalue weighted by Gasteiger charge is 2.18. The molecule has 2 rings (SSSR count). The molecular weight excluding hydrogens is 378 g/mol. The topological polar surface area (TPSA) is 74.6 Å². The van der Waals surface area contributed by atoms with E-state index in [0.717, 1.165) is 0 Å². The number of hydrogen-bond donors (Lipinski definition) is 0. The Morgan fingerprint density at radius 1 is 1.29 bits per heavy atom. The Kier molecular flexibility index (Phi) is 5.92. The van der Waals surface area contributed by atoms with Gasteiger partial charge in [0.2, 0.25) is 0 Å². The summed E-state index contributed by atoms with van der Waals surface area (Å²) in [7, 11) is 1.54. The number of carbonyl (C=O) groups is 2. The van der Waals surface area contributed by atoms with Crippen molar-refractivity contribution < 1.29 is 19.1 Å². The molecule has 1 heterocycles. The average molecular weight is 394 g/mol. The van der Waals surface area contributed by atoms with E-state index in [-0.39, 0.29) is 24.2 Å². The van der Waals surface area contributed by atoms with Crippen LogP contribution >= 0.6 is 15.9 Å². The Morgan fingerprint density at radius 2 is 1.96 bits per heavy atom. The van der Waals surface area contributed by atoms with Crippen molar-refractivity contribution in [2.24, 2.45) is 0 Å². The lowest BCUT2D eigenvalue weighted by atomic mass is 10.1. The molecule has 126 valence electrons. The van der Waals surface area contributed by atoms with Gasteiger partial charge in [-0.15, -0.1) is 0 Å². The molecule has 0 aliphatic rings. The third-order valence-corrected chi connectivity index (χ3v) is 4.30. The number of rotatable bonds is 6. The number of esters is 1. The number of benzene rings is 1. The predicted octanol–water partition coefficient (Wildman–Crippen LogP) is 2.53. The zero-order valence-electron chi connectivity index (χ0n) is 13.2. The highest BCUT2D eigenvalue weighted by molar-refractivity contribution is 9.10. The van der Waals surface area contributed by atoms with Crippen LogP contribution < -0.4 is 10.3 Å². The number of carbonyl (C=O) groups excluding carboxylic acids is 2. The van der Waals surface area contributed by atoms with Crippen LogP contribution in [0.3, 0.4) is 0 Å². The highest BCUT2D eigenvalue weighted by Crippen LogP contribution is 2.21. The van der Waals surface area contributed by atoms with Crippen molar-refractivity contribution in [1.29, 1.82) is 0 Å². The minimum absolute atomic E-state index is 0.175. The molecule has 6 nitrogen and oxygen atoms in total. The van der Waals surface area contributed by atoms with Crippen molar-refractivity contribution in [3.8, 4) is 11.4 Å². The summed E-state index contributed by atoms with van der Waals surface area (Å²) in [6.45, 7) is 1.90. The van der Waals surface area contributed by atoms with Crippen molar-refractivity contribution in [3.05, 3.63) is 56.4 Å². The fourth-order valence-electron chi connectivity index (χ4n) is 2.19. The van der Waals surface area contributed by atoms with Crippen molar-refractivity contribution in [1.82, 2.24) is 4.57 Å². The van der Waals surface area contributed by atoms with E-state index in [9.17, 15) is 14.4 Å². The van der Waals surface area contributed by atoms with E-state index in [4.69, 9.17) is 9.47 Å². The van der Waals surface area contributed by atoms with Crippen LogP contribution in [0.25, 0.3) is 5.69 Å². The normalized spacial score (nSPS) is 10.3. The minimum atomic E-state index is -0.528. The molecule has 0 bridgehead atoms. The summed E-state index contributed by atoms with van der Waals surface area (Å²) >= 11 is 3.23. The van der Waals surface area contributed by atoms with Gasteiger partial charge in [0.1, 0.15) is 5.75 Å². The molecule has 7 heteroatoms. The molecule has 0 aliphatic carbocycles. The quantitative estimate of drug-likeness (QED) is 0.556. The first-order valence-electron chi connectivity index (χ1n) is 7.21. The molecule has 0 atom stereocenters. The Labute approximate surface area is 147 Å². The molecule has 24 heavy (non-hydrogen) atoms. The molecule has 1 aromatic heterocycles. The molecule has 0 unspecified atom stereocenters. The van der Waals surface area contributed by atoms with Crippen LogP contribution in [0.15, 0.2) is 39.7 Å². The summed E-state index contributed by atoms with van der Waals surface area (Å²) in [6.07, 6.45) is 1.83. The van der Waals surface area contributed by atoms with Gasteiger partial charge >= 0.3 is 5.97 Å². The van der Waals surface area contributed by atoms with Gasteiger partial charge in [0.25, 0.3) is 5.56 Å². The Bertz CT molecular complexity index is 811. The van der Waals surface area contributed by atoms with Gasteiger partial charge in [-0.05, 0) is 47.1 Å². The first-order chi connectivity index (χ1) is 11.5. The van der Waals surface area contributed by atoms with Gasteiger partial charge in [-0.3, -0.25) is 19.0 Å². The Hall–Kier alpha value is -2.41. The zero-order valence-corrected chi connectivity index (χ0v) is 14.8. The maximum Gasteiger partial charge on any atom is 0.310 e. The molecule has 0 saturated carbocycles. The highest BCUT2D eigenvalue weighted by atomic mass is 79.9. The van der Waals surface area contributed by atoms with Crippen molar-refractivity contribution in [2.45, 2.75) is 13.3 Å². The van der Waals surface area contributed by atoms with Crippen LogP contribution in [-0.4, -0.2) is 30.5 Å². The number of aromatic nitrogens is 1. The molecule has 0 N–H and O–H groups in total. The van der Waals surface area contributed by atoms with Crippen molar-refractivity contribution in [2.75, 3.05) is 13.7 Å². The summed E-state index contributed by atoms with van der Waals surface area (Å²) in [6, 6.07) is 6.79. The minimum Gasteiger partial charge on any atom is -0.497 e. The van der Waals surface area contributed by atoms with Crippen LogP contribution in [0.2, 0.25) is 0 Å². The first-order valence-corrected chi connectivity index (χ1v) is 8.00. The van der Waals surface area contributed by atoms with Crippen LogP contribution in [-0.2, 0) is 16.0 Å². The van der Waals surface area contributed by atoms with E-state index in [1.165, 1.54) is 10.8 Å². The Balaban J connectivity index is 2.57. The number of ether oxygens (including phenoxy) is 2. The summed E-state index contributed by atoms with van der Waals surface area (Å²) in [4.78, 5) is 35.8. The first kappa shape index (κ1) is 17.9. The largest absolute Gasteiger partial charge is 0.497 e. The van der Waals surface area contributed by atoms with Crippen LogP contribution in [0.4, 0.5) is 0 Å². The van der Waals surface area contributed by atoms with Crippen molar-refractivity contribution >= 4 is 28.2 Å². The summed E-state index contributed by atoms with van der Waals surface area (Å²) < 4.78 is 11.6. The number of pyridine rings is 1. The van der Waals surface area contributed by atoms with E-state index >= 15 is 0 Å². The maximum absolute atomic E-state index is 12.7. The predicted molar refractivity (Wildman–Crippen MR) is 92.0 cm³/mol. The van der Waals surface area contributed by atoms with Gasteiger partial charge in [-0.2, -0.15) is 0 Å². The molecule has 0 spiro atoms. The second-order valence-corrected chi connectivity index (χ2v) is 5.64. The number of nitrogens with zero attached hydrogens (tertiary/aromatic N) is 1. The molecule has 1 aromatic carbocycles. The lowest BCUT2D eigenvalue weighted by Crippen LogP contribution is -2.26. The van der Waals surface area contributed by atoms with Crippen LogP contribution in [0, 0.1) is 0 Å². The van der Waals surface area contributed by atoms with E-state index in [0.29, 0.717) is 22.2 Å². The Morgan fingerprint density at radius 3 is 2.50 bits per heavy atom. The maximum atomic E-state index is 12.7. The van der Waals surface area contributed by atoms with Gasteiger partial charge in [-0.25, -0.2) is 0 Å². The summed E-state index contributed by atoms with van der Waals surface area (Å²) in [5, 5.41) is 0. The molecule has 0 radical (unpaired) electrons. The second kappa shape index (κ2) is 7.92. The molecule has 2 aromatic rings. The van der Waals surface area contributed by atoms with E-state index in [2.05, 4.69) is 15.9 Å². The van der Waals surface area contributed by atoms with Gasteiger partial charge in [0.05, 0.1) is 20.1 Å². The number of aldehydes is 1. The van der Waals surface area contributed by atoms with Crippen LogP contribution in [0.5, 0.6) is 5.75 Å². The lowest BCUT2D eigenvalue weighted by molar-refractivity contribution is -0.142. The fraction of sp³-hybridized carbons (Fsp3) is 0.235. The van der Waals surface area contributed by atoms with E-state index in [1.807, 2.05) is 0 Å². The second-order valence-electron chi connectivity index (χ2n) is 4.85. The monoisotopic (exact) mass is 393 g/mol. The molecular formula is C17H16BrNO5. The van der Waals surface area contributed by atoms with Crippen LogP contribution in [0.1, 0.15) is 22.8 Å². The van der Waals surface area contributed by atoms with E-state index in [1.54, 1.807) is 38.3 Å². The number of halogens is 1. The van der Waals surface area contributed by atoms with Gasteiger partial charge < -0.3 is 9.47 Å². The third kappa shape index (κ3) is 3.73. The lowest BCUT2D eigenvalue weighted by Gasteiger charge is -2.12. The molecule has 0 fully saturated rings. The smallest absolute Gasteiger partial charge is 0.310 e. The third-order valence-electron chi connectivity index (χ3n) is 3.37. The van der Waals surface area contributed by atoms with Gasteiger partial charge in [0, 0.05) is 27.5 Å². The molecule has 0 amide bonds. The standard InChI is InChI=1S/C17H16BrNO5/c1-3-24-15(21)8-14-16(18)11(10-20)9-19(17(14)22)12-4-6-13(23-2)7-5-12/h4-7,9-10H,3,8H2,1-2H3. The van der Waals surface area contributed by atoms with Gasteiger partial charge in [0.15, 0.2) is 6.29 Å². The number of hydrogen-bond acceptors (Lipinski definition) is 5. The average Bonchev–Trinajstić information content (AvgIpc) is 2.59. The zero-order chi connectivity index (χ0) is 17.7. The summed E-state index contributed by atoms with van der Waals surface area (Å²) in [5.41, 5.74) is 0.603. The SMILES string of the molecule is CCOC(=O)Cc1c(Br)c(C=O)cn(-c2ccc(OC)cc2)c1=O. The van der Waals surface area contributed by atoms with Gasteiger partial charge in [-0.1, -0.05) is 0 Å². The fourth-order valence-corrected chi connectivity index (χ4v) is 2.70. The number of methoxy groups -OCH3 is 1. The van der Waals surface area contributed by atoms with Crippen molar-refractivity contribution in [3.63, 3.8) is 0 Å². The summed E-state index contributed by atoms with van der Waals surface area (Å²) in [5.74, 6) is 0.117. The molecule has 0 aliphatic heterocycles. The molecule has 0 saturated heterocycles. The van der Waals surface area contributed by atoms with E-state index < -0.39 is 11.5 Å².